The third-order valence-corrected chi connectivity index (χ3v) is 9.60. The Labute approximate surface area is 211 Å². The first-order valence-corrected chi connectivity index (χ1v) is 15.9. The van der Waals surface area contributed by atoms with Gasteiger partial charge in [0.1, 0.15) is 31.0 Å². The van der Waals surface area contributed by atoms with Crippen LogP contribution in [0.3, 0.4) is 0 Å². The van der Waals surface area contributed by atoms with Crippen LogP contribution in [-0.4, -0.2) is 49.6 Å². The fraction of sp³-hybridized carbons (Fsp3) is 0.381. The number of sulfone groups is 1. The smallest absolute Gasteiger partial charge is 0.287 e. The van der Waals surface area contributed by atoms with Gasteiger partial charge in [-0.25, -0.2) is 13.1 Å². The number of anilines is 1. The van der Waals surface area contributed by atoms with Gasteiger partial charge < -0.3 is 10.4 Å². The monoisotopic (exact) mass is 556 g/mol. The molecule has 0 fully saturated rings. The van der Waals surface area contributed by atoms with Crippen LogP contribution in [0.5, 0.6) is 5.75 Å². The molecule has 0 bridgehead atoms. The molecule has 4 rings (SSSR count). The van der Waals surface area contributed by atoms with Gasteiger partial charge in [0, 0.05) is 12.8 Å². The average molecular weight is 557 g/mol. The molecule has 14 heteroatoms. The van der Waals surface area contributed by atoms with E-state index in [0.29, 0.717) is 16.9 Å². The zero-order valence-electron chi connectivity index (χ0n) is 19.2. The summed E-state index contributed by atoms with van der Waals surface area (Å²) in [5, 5.41) is 21.8. The van der Waals surface area contributed by atoms with Crippen molar-refractivity contribution in [3.8, 4) is 16.3 Å². The van der Waals surface area contributed by atoms with E-state index in [-0.39, 0.29) is 51.6 Å². The molecule has 3 aromatic heterocycles. The molecule has 4 heterocycles. The number of fused-ring (bicyclic) bond motifs is 1. The van der Waals surface area contributed by atoms with E-state index >= 15 is 0 Å². The lowest BCUT2D eigenvalue weighted by Crippen LogP contribution is -2.34. The van der Waals surface area contributed by atoms with Gasteiger partial charge in [-0.05, 0) is 41.1 Å². The molecule has 35 heavy (non-hydrogen) atoms. The number of aryl methyl sites for hydroxylation is 2. The molecule has 0 saturated carbocycles. The molecule has 1 aliphatic rings. The summed E-state index contributed by atoms with van der Waals surface area (Å²) in [7, 11) is -7.57. The van der Waals surface area contributed by atoms with E-state index in [9.17, 15) is 26.7 Å². The molecule has 188 valence electrons. The Bertz CT molecular complexity index is 1570. The number of aromatic hydroxyl groups is 1. The third-order valence-electron chi connectivity index (χ3n) is 5.30. The number of nitrogens with one attached hydrogen (secondary N) is 1. The average Bonchev–Trinajstić information content (AvgIpc) is 3.41. The van der Waals surface area contributed by atoms with Crippen LogP contribution in [0.2, 0.25) is 0 Å². The number of hydrogen-bond acceptors (Lipinski definition) is 10. The van der Waals surface area contributed by atoms with Crippen LogP contribution in [0.15, 0.2) is 37.0 Å². The normalized spacial score (nSPS) is 15.0. The van der Waals surface area contributed by atoms with Crippen LogP contribution >= 0.6 is 22.7 Å². The highest BCUT2D eigenvalue weighted by Crippen LogP contribution is 2.39. The van der Waals surface area contributed by atoms with Crippen molar-refractivity contribution in [3.05, 3.63) is 44.4 Å². The van der Waals surface area contributed by atoms with Crippen LogP contribution in [0.25, 0.3) is 10.6 Å². The Morgan fingerprint density at radius 3 is 2.63 bits per heavy atom. The molecule has 0 amide bonds. The first kappa shape index (κ1) is 25.5. The van der Waals surface area contributed by atoms with E-state index in [1.807, 2.05) is 13.8 Å². The Kier molecular flexibility index (Phi) is 6.92. The number of amidine groups is 1. The van der Waals surface area contributed by atoms with Crippen LogP contribution in [0.4, 0.5) is 5.00 Å². The number of rotatable bonds is 8. The van der Waals surface area contributed by atoms with Gasteiger partial charge in [-0.1, -0.05) is 19.9 Å². The summed E-state index contributed by atoms with van der Waals surface area (Å²) in [5.74, 6) is -0.680. The molecular weight excluding hydrogens is 533 g/mol. The maximum Gasteiger partial charge on any atom is 0.287 e. The Hall–Kier alpha value is -2.55. The van der Waals surface area contributed by atoms with E-state index in [1.54, 1.807) is 22.9 Å². The SMILES string of the molecule is CC(C)CCn1nc(-c2cccs2)c(O)c(C2=NS(=O)(=O)c3c(CCS(C)(=O)=O)csc3N2)c1=O. The van der Waals surface area contributed by atoms with Gasteiger partial charge in [-0.15, -0.1) is 27.1 Å². The molecule has 0 saturated heterocycles. The highest BCUT2D eigenvalue weighted by atomic mass is 32.2. The van der Waals surface area contributed by atoms with Gasteiger partial charge in [0.2, 0.25) is 0 Å². The van der Waals surface area contributed by atoms with Crippen LogP contribution < -0.4 is 10.9 Å². The van der Waals surface area contributed by atoms with Crippen LogP contribution in [-0.2, 0) is 32.8 Å². The quantitative estimate of drug-likeness (QED) is 0.430. The maximum atomic E-state index is 13.3. The first-order valence-electron chi connectivity index (χ1n) is 10.7. The van der Waals surface area contributed by atoms with Gasteiger partial charge in [0.15, 0.2) is 11.6 Å². The molecule has 0 radical (unpaired) electrons. The minimum Gasteiger partial charge on any atom is -0.505 e. The topological polar surface area (TPSA) is 148 Å². The highest BCUT2D eigenvalue weighted by Gasteiger charge is 2.34. The molecule has 1 aliphatic heterocycles. The Morgan fingerprint density at radius 1 is 1.26 bits per heavy atom. The second-order valence-corrected chi connectivity index (χ2v) is 14.2. The largest absolute Gasteiger partial charge is 0.505 e. The van der Waals surface area contributed by atoms with Gasteiger partial charge in [0.05, 0.1) is 10.6 Å². The van der Waals surface area contributed by atoms with Gasteiger partial charge in [-0.2, -0.15) is 13.5 Å². The van der Waals surface area contributed by atoms with Crippen molar-refractivity contribution in [2.75, 3.05) is 17.3 Å². The summed E-state index contributed by atoms with van der Waals surface area (Å²) in [5.41, 5.74) is -0.459. The molecule has 0 unspecified atom stereocenters. The molecule has 2 N–H and O–H groups in total. The van der Waals surface area contributed by atoms with Gasteiger partial charge >= 0.3 is 0 Å². The number of aromatic nitrogens is 2. The minimum absolute atomic E-state index is 0.0153. The molecule has 3 aromatic rings. The molecule has 10 nitrogen and oxygen atoms in total. The Balaban J connectivity index is 1.84. The lowest BCUT2D eigenvalue weighted by molar-refractivity contribution is 0.444. The summed E-state index contributed by atoms with van der Waals surface area (Å²) >= 11 is 2.39. The van der Waals surface area contributed by atoms with Gasteiger partial charge in [-0.3, -0.25) is 4.79 Å². The van der Waals surface area contributed by atoms with E-state index in [4.69, 9.17) is 0 Å². The Morgan fingerprint density at radius 2 is 2.00 bits per heavy atom. The summed E-state index contributed by atoms with van der Waals surface area (Å²) in [6.45, 7) is 4.29. The fourth-order valence-corrected chi connectivity index (χ4v) is 7.48. The highest BCUT2D eigenvalue weighted by molar-refractivity contribution is 7.91. The molecular formula is C21H24N4O6S4. The molecule has 0 aromatic carbocycles. The fourth-order valence-electron chi connectivity index (χ4n) is 3.51. The van der Waals surface area contributed by atoms with Crippen molar-refractivity contribution >= 4 is 53.4 Å². The summed E-state index contributed by atoms with van der Waals surface area (Å²) in [4.78, 5) is 13.8. The van der Waals surface area contributed by atoms with Crippen molar-refractivity contribution in [2.24, 2.45) is 10.3 Å². The van der Waals surface area contributed by atoms with E-state index < -0.39 is 31.2 Å². The summed E-state index contributed by atoms with van der Waals surface area (Å²) in [6.07, 6.45) is 1.75. The zero-order valence-corrected chi connectivity index (χ0v) is 22.4. The van der Waals surface area contributed by atoms with Crippen molar-refractivity contribution < 1.29 is 21.9 Å². The summed E-state index contributed by atoms with van der Waals surface area (Å²) in [6, 6.07) is 3.52. The molecule has 0 atom stereocenters. The van der Waals surface area contributed by atoms with Gasteiger partial charge in [0.25, 0.3) is 15.6 Å². The van der Waals surface area contributed by atoms with Crippen molar-refractivity contribution in [2.45, 2.75) is 38.1 Å². The standard InChI is InChI=1S/C21H24N4O6S4/c1-12(2)6-8-25-21(27)15(17(26)16(23-25)14-5-4-9-32-14)19-22-20-18(35(30,31)24-19)13(11-33-20)7-10-34(3,28)29/h4-5,9,11-12,26H,6-8,10H2,1-3H3,(H,22,24). The number of nitrogens with zero attached hydrogens (tertiary/aromatic N) is 3. The van der Waals surface area contributed by atoms with Crippen molar-refractivity contribution in [3.63, 3.8) is 0 Å². The van der Waals surface area contributed by atoms with Crippen molar-refractivity contribution in [1.29, 1.82) is 0 Å². The van der Waals surface area contributed by atoms with E-state index in [0.717, 1.165) is 17.6 Å². The second-order valence-electron chi connectivity index (χ2n) is 8.60. The predicted octanol–water partition coefficient (Wildman–Crippen LogP) is 2.93. The lowest BCUT2D eigenvalue weighted by atomic mass is 10.1. The number of sulfonamides is 1. The van der Waals surface area contributed by atoms with Crippen molar-refractivity contribution in [1.82, 2.24) is 9.78 Å². The van der Waals surface area contributed by atoms with E-state index in [1.165, 1.54) is 16.0 Å². The first-order chi connectivity index (χ1) is 16.4. The minimum atomic E-state index is -4.27. The third kappa shape index (κ3) is 5.34. The summed E-state index contributed by atoms with van der Waals surface area (Å²) < 4.78 is 54.4. The predicted molar refractivity (Wildman–Crippen MR) is 138 cm³/mol. The maximum absolute atomic E-state index is 13.3. The van der Waals surface area contributed by atoms with Crippen LogP contribution in [0, 0.1) is 5.92 Å². The molecule has 0 spiro atoms. The van der Waals surface area contributed by atoms with Crippen LogP contribution in [0.1, 0.15) is 31.4 Å². The van der Waals surface area contributed by atoms with E-state index in [2.05, 4.69) is 14.8 Å². The number of hydrogen-bond donors (Lipinski definition) is 2. The molecule has 0 aliphatic carbocycles. The lowest BCUT2D eigenvalue weighted by Gasteiger charge is -2.18. The second kappa shape index (κ2) is 9.48. The zero-order chi connectivity index (χ0) is 25.5. The number of thiophene rings is 2.